The molecular formula is C17H21NO4. The highest BCUT2D eigenvalue weighted by Crippen LogP contribution is 2.44. The quantitative estimate of drug-likeness (QED) is 0.893. The molecule has 5 nitrogen and oxygen atoms in total. The third-order valence-corrected chi connectivity index (χ3v) is 5.40. The number of aliphatic carboxylic acids is 1. The average molecular weight is 303 g/mol. The molecule has 0 aromatic heterocycles. The molecule has 0 spiro atoms. The first kappa shape index (κ1) is 15.0. The molecule has 3 atom stereocenters. The van der Waals surface area contributed by atoms with E-state index in [1.165, 1.54) is 6.07 Å². The summed E-state index contributed by atoms with van der Waals surface area (Å²) in [5.41, 5.74) is 0.553. The van der Waals surface area contributed by atoms with Crippen molar-refractivity contribution in [1.29, 1.82) is 0 Å². The van der Waals surface area contributed by atoms with Crippen molar-refractivity contribution in [2.24, 2.45) is 5.92 Å². The van der Waals surface area contributed by atoms with Gasteiger partial charge in [-0.05, 0) is 50.3 Å². The van der Waals surface area contributed by atoms with E-state index in [-0.39, 0.29) is 11.5 Å². The molecule has 2 fully saturated rings. The van der Waals surface area contributed by atoms with E-state index in [1.54, 1.807) is 18.2 Å². The highest BCUT2D eigenvalue weighted by Gasteiger charge is 2.44. The van der Waals surface area contributed by atoms with Crippen LogP contribution in [-0.4, -0.2) is 46.2 Å². The number of carbonyl (C=O) groups is 2. The molecule has 0 saturated carbocycles. The van der Waals surface area contributed by atoms with Crippen molar-refractivity contribution in [1.82, 2.24) is 4.90 Å². The van der Waals surface area contributed by atoms with Crippen molar-refractivity contribution < 1.29 is 19.8 Å². The Hall–Kier alpha value is -1.88. The zero-order valence-electron chi connectivity index (χ0n) is 12.6. The fourth-order valence-electron chi connectivity index (χ4n) is 4.28. The largest absolute Gasteiger partial charge is 0.481 e. The van der Waals surface area contributed by atoms with E-state index in [0.29, 0.717) is 17.6 Å². The number of rotatable bonds is 4. The number of aromatic carboxylic acids is 1. The number of hydrogen-bond donors (Lipinski definition) is 2. The third kappa shape index (κ3) is 2.50. The van der Waals surface area contributed by atoms with E-state index in [0.717, 1.165) is 25.7 Å². The van der Waals surface area contributed by atoms with Gasteiger partial charge in [0.25, 0.3) is 0 Å². The minimum Gasteiger partial charge on any atom is -0.481 e. The first-order chi connectivity index (χ1) is 10.5. The van der Waals surface area contributed by atoms with Gasteiger partial charge in [0.05, 0.1) is 11.5 Å². The highest BCUT2D eigenvalue weighted by atomic mass is 16.4. The number of fused-ring (bicyclic) bond motifs is 2. The van der Waals surface area contributed by atoms with Crippen LogP contribution in [-0.2, 0) is 4.79 Å². The first-order valence-electron chi connectivity index (χ1n) is 7.76. The van der Waals surface area contributed by atoms with Crippen molar-refractivity contribution in [3.63, 3.8) is 0 Å². The molecular weight excluding hydrogens is 282 g/mol. The van der Waals surface area contributed by atoms with E-state index in [2.05, 4.69) is 11.9 Å². The second-order valence-electron chi connectivity index (χ2n) is 6.49. The summed E-state index contributed by atoms with van der Waals surface area (Å²) in [5.74, 6) is -2.70. The van der Waals surface area contributed by atoms with Crippen LogP contribution in [0.3, 0.4) is 0 Å². The van der Waals surface area contributed by atoms with Gasteiger partial charge in [-0.2, -0.15) is 0 Å². The van der Waals surface area contributed by atoms with Crippen LogP contribution in [0.5, 0.6) is 0 Å². The Bertz CT molecular complexity index is 586. The van der Waals surface area contributed by atoms with Crippen LogP contribution < -0.4 is 0 Å². The smallest absolute Gasteiger partial charge is 0.335 e. The molecule has 22 heavy (non-hydrogen) atoms. The van der Waals surface area contributed by atoms with Gasteiger partial charge in [0.15, 0.2) is 0 Å². The number of carboxylic acids is 2. The van der Waals surface area contributed by atoms with E-state index in [9.17, 15) is 19.8 Å². The van der Waals surface area contributed by atoms with Crippen LogP contribution in [0.25, 0.3) is 0 Å². The SMILES string of the molecule is CN1C2CCC1CC(C(C(=O)O)c1ccccc1C(=O)O)C2. The van der Waals surface area contributed by atoms with Gasteiger partial charge in [-0.15, -0.1) is 0 Å². The van der Waals surface area contributed by atoms with E-state index in [4.69, 9.17) is 0 Å². The fourth-order valence-corrected chi connectivity index (χ4v) is 4.28. The lowest BCUT2D eigenvalue weighted by Gasteiger charge is -2.39. The Balaban J connectivity index is 1.95. The molecule has 2 saturated heterocycles. The maximum atomic E-state index is 11.9. The molecule has 2 aliphatic heterocycles. The van der Waals surface area contributed by atoms with Gasteiger partial charge >= 0.3 is 11.9 Å². The molecule has 0 amide bonds. The number of benzene rings is 1. The predicted octanol–water partition coefficient (Wildman–Crippen LogP) is 2.43. The predicted molar refractivity (Wildman–Crippen MR) is 81.1 cm³/mol. The topological polar surface area (TPSA) is 77.8 Å². The molecule has 0 radical (unpaired) electrons. The number of hydrogen-bond acceptors (Lipinski definition) is 3. The maximum Gasteiger partial charge on any atom is 0.335 e. The second kappa shape index (κ2) is 5.72. The summed E-state index contributed by atoms with van der Waals surface area (Å²) in [6, 6.07) is 7.38. The molecule has 5 heteroatoms. The van der Waals surface area contributed by atoms with Crippen molar-refractivity contribution >= 4 is 11.9 Å². The normalized spacial score (nSPS) is 29.2. The summed E-state index contributed by atoms with van der Waals surface area (Å²) in [6.07, 6.45) is 3.89. The minimum absolute atomic E-state index is 0.00620. The summed E-state index contributed by atoms with van der Waals surface area (Å²) in [4.78, 5) is 25.7. The summed E-state index contributed by atoms with van der Waals surface area (Å²) in [6.45, 7) is 0. The molecule has 0 aliphatic carbocycles. The number of nitrogens with zero attached hydrogens (tertiary/aromatic N) is 1. The van der Waals surface area contributed by atoms with Crippen molar-refractivity contribution in [2.75, 3.05) is 7.05 Å². The van der Waals surface area contributed by atoms with Crippen LogP contribution in [0.2, 0.25) is 0 Å². The summed E-state index contributed by atoms with van der Waals surface area (Å²) in [7, 11) is 2.11. The molecule has 3 rings (SSSR count). The van der Waals surface area contributed by atoms with Crippen molar-refractivity contribution in [3.8, 4) is 0 Å². The summed E-state index contributed by atoms with van der Waals surface area (Å²) >= 11 is 0. The lowest BCUT2D eigenvalue weighted by molar-refractivity contribution is -0.141. The lowest BCUT2D eigenvalue weighted by Crippen LogP contribution is -2.42. The van der Waals surface area contributed by atoms with Crippen LogP contribution in [0, 0.1) is 5.92 Å². The van der Waals surface area contributed by atoms with Crippen molar-refractivity contribution in [3.05, 3.63) is 35.4 Å². The molecule has 2 heterocycles. The standard InChI is InChI=1S/C17H21NO4/c1-18-11-6-7-12(18)9-10(8-11)15(17(21)22)13-4-2-3-5-14(13)16(19)20/h2-5,10-12,15H,6-9H2,1H3,(H,19,20)(H,21,22). The van der Waals surface area contributed by atoms with Gasteiger partial charge < -0.3 is 15.1 Å². The van der Waals surface area contributed by atoms with E-state index < -0.39 is 17.9 Å². The van der Waals surface area contributed by atoms with Crippen LogP contribution in [0.15, 0.2) is 24.3 Å². The van der Waals surface area contributed by atoms with Gasteiger partial charge in [0.1, 0.15) is 0 Å². The number of piperidine rings is 1. The summed E-state index contributed by atoms with van der Waals surface area (Å²) < 4.78 is 0. The van der Waals surface area contributed by atoms with Crippen LogP contribution in [0.1, 0.15) is 47.5 Å². The molecule has 118 valence electrons. The lowest BCUT2D eigenvalue weighted by atomic mass is 9.76. The highest BCUT2D eigenvalue weighted by molar-refractivity contribution is 5.92. The average Bonchev–Trinajstić information content (AvgIpc) is 2.70. The monoisotopic (exact) mass is 303 g/mol. The van der Waals surface area contributed by atoms with E-state index >= 15 is 0 Å². The Labute approximate surface area is 129 Å². The Morgan fingerprint density at radius 3 is 2.27 bits per heavy atom. The number of carboxylic acid groups (broad SMARTS) is 2. The minimum atomic E-state index is -1.06. The van der Waals surface area contributed by atoms with Gasteiger partial charge in [0, 0.05) is 12.1 Å². The Morgan fingerprint density at radius 2 is 1.73 bits per heavy atom. The van der Waals surface area contributed by atoms with E-state index in [1.807, 2.05) is 0 Å². The van der Waals surface area contributed by atoms with Gasteiger partial charge in [-0.25, -0.2) is 4.79 Å². The van der Waals surface area contributed by atoms with Crippen molar-refractivity contribution in [2.45, 2.75) is 43.7 Å². The van der Waals surface area contributed by atoms with Crippen LogP contribution >= 0.6 is 0 Å². The third-order valence-electron chi connectivity index (χ3n) is 5.40. The van der Waals surface area contributed by atoms with Gasteiger partial charge in [0.2, 0.25) is 0 Å². The Kier molecular flexibility index (Phi) is 3.91. The zero-order valence-corrected chi connectivity index (χ0v) is 12.6. The fraction of sp³-hybridized carbons (Fsp3) is 0.529. The van der Waals surface area contributed by atoms with Gasteiger partial charge in [-0.3, -0.25) is 4.79 Å². The zero-order chi connectivity index (χ0) is 15.9. The second-order valence-corrected chi connectivity index (χ2v) is 6.49. The molecule has 2 N–H and O–H groups in total. The molecule has 1 aromatic rings. The first-order valence-corrected chi connectivity index (χ1v) is 7.76. The molecule has 2 aliphatic rings. The summed E-state index contributed by atoms with van der Waals surface area (Å²) in [5, 5.41) is 19.1. The molecule has 1 aromatic carbocycles. The van der Waals surface area contributed by atoms with Gasteiger partial charge in [-0.1, -0.05) is 18.2 Å². The Morgan fingerprint density at radius 1 is 1.14 bits per heavy atom. The molecule has 3 unspecified atom stereocenters. The van der Waals surface area contributed by atoms with Crippen LogP contribution in [0.4, 0.5) is 0 Å². The maximum absolute atomic E-state index is 11.9. The molecule has 2 bridgehead atoms.